The van der Waals surface area contributed by atoms with Crippen molar-refractivity contribution in [1.82, 2.24) is 10.7 Å². The second-order valence-corrected chi connectivity index (χ2v) is 7.13. The van der Waals surface area contributed by atoms with Gasteiger partial charge >= 0.3 is 0 Å². The van der Waals surface area contributed by atoms with Gasteiger partial charge in [0.25, 0.3) is 11.8 Å². The van der Waals surface area contributed by atoms with E-state index in [9.17, 15) is 9.59 Å². The Kier molecular flexibility index (Phi) is 7.55. The Morgan fingerprint density at radius 1 is 1.07 bits per heavy atom. The van der Waals surface area contributed by atoms with Crippen molar-refractivity contribution >= 4 is 34.0 Å². The van der Waals surface area contributed by atoms with Gasteiger partial charge in [0.1, 0.15) is 11.8 Å². The lowest BCUT2D eigenvalue weighted by Crippen LogP contribution is -2.48. The Labute approximate surface area is 167 Å². The molecule has 1 unspecified atom stereocenters. The predicted octanol–water partition coefficient (Wildman–Crippen LogP) is 3.36. The molecular weight excluding hydrogens is 410 g/mol. The first kappa shape index (κ1) is 20.6. The van der Waals surface area contributed by atoms with E-state index in [1.807, 2.05) is 38.1 Å². The summed E-state index contributed by atoms with van der Waals surface area (Å²) in [7, 11) is 1.56. The molecule has 0 radical (unpaired) electrons. The lowest BCUT2D eigenvalue weighted by atomic mass is 10.0. The van der Waals surface area contributed by atoms with Crippen molar-refractivity contribution in [1.29, 1.82) is 0 Å². The first-order chi connectivity index (χ1) is 12.9. The predicted molar refractivity (Wildman–Crippen MR) is 109 cm³/mol. The summed E-state index contributed by atoms with van der Waals surface area (Å²) in [5.74, 6) is -0.148. The molecule has 2 rings (SSSR count). The number of rotatable bonds is 7. The molecule has 0 fully saturated rings. The van der Waals surface area contributed by atoms with Crippen molar-refractivity contribution in [2.45, 2.75) is 19.9 Å². The molecule has 0 aromatic heterocycles. The Morgan fingerprint density at radius 2 is 1.70 bits per heavy atom. The van der Waals surface area contributed by atoms with Crippen LogP contribution in [0.25, 0.3) is 0 Å². The number of nitrogens with one attached hydrogen (secondary N) is 2. The van der Waals surface area contributed by atoms with Crippen LogP contribution < -0.4 is 15.5 Å². The number of benzene rings is 2. The average molecular weight is 432 g/mol. The molecule has 0 aliphatic rings. The van der Waals surface area contributed by atoms with E-state index in [0.717, 1.165) is 10.0 Å². The first-order valence-corrected chi connectivity index (χ1v) is 9.23. The fourth-order valence-corrected chi connectivity index (χ4v) is 2.56. The van der Waals surface area contributed by atoms with Crippen molar-refractivity contribution in [2.75, 3.05) is 7.11 Å². The molecule has 27 heavy (non-hydrogen) atoms. The van der Waals surface area contributed by atoms with Crippen LogP contribution in [0.3, 0.4) is 0 Å². The number of carbonyl (C=O) groups is 2. The maximum absolute atomic E-state index is 12.4. The van der Waals surface area contributed by atoms with Crippen molar-refractivity contribution in [3.63, 3.8) is 0 Å². The van der Waals surface area contributed by atoms with Crippen molar-refractivity contribution in [2.24, 2.45) is 11.0 Å². The molecule has 0 heterocycles. The fraction of sp³-hybridized carbons (Fsp3) is 0.250. The Hall–Kier alpha value is -2.67. The van der Waals surface area contributed by atoms with E-state index < -0.39 is 6.04 Å². The molecule has 0 bridgehead atoms. The van der Waals surface area contributed by atoms with Crippen LogP contribution in [0.1, 0.15) is 29.8 Å². The highest BCUT2D eigenvalue weighted by Crippen LogP contribution is 2.12. The number of nitrogens with zero attached hydrogens (tertiary/aromatic N) is 1. The summed E-state index contributed by atoms with van der Waals surface area (Å²) >= 11 is 3.36. The molecule has 0 aliphatic heterocycles. The van der Waals surface area contributed by atoms with Crippen LogP contribution in [-0.2, 0) is 4.79 Å². The third-order valence-corrected chi connectivity index (χ3v) is 4.37. The van der Waals surface area contributed by atoms with Crippen LogP contribution in [0, 0.1) is 5.92 Å². The molecule has 0 spiro atoms. The van der Waals surface area contributed by atoms with Crippen LogP contribution in [0.15, 0.2) is 58.1 Å². The standard InChI is InChI=1S/C20H22BrN3O3/c1-13(2)18(23-19(25)15-6-10-17(27-3)11-7-15)20(26)24-22-12-14-4-8-16(21)9-5-14/h4-13,18H,1-3H3,(H,23,25)(H,24,26). The van der Waals surface area contributed by atoms with E-state index >= 15 is 0 Å². The van der Waals surface area contributed by atoms with Crippen molar-refractivity contribution in [3.8, 4) is 5.75 Å². The summed E-state index contributed by atoms with van der Waals surface area (Å²) in [4.78, 5) is 24.8. The third kappa shape index (κ3) is 6.21. The minimum atomic E-state index is -0.707. The Balaban J connectivity index is 1.99. The quantitative estimate of drug-likeness (QED) is 0.520. The number of amides is 2. The van der Waals surface area contributed by atoms with Gasteiger partial charge in [-0.25, -0.2) is 5.43 Å². The molecular formula is C20H22BrN3O3. The topological polar surface area (TPSA) is 79.8 Å². The summed E-state index contributed by atoms with van der Waals surface area (Å²) in [6.07, 6.45) is 1.55. The minimum absolute atomic E-state index is 0.102. The molecule has 0 saturated heterocycles. The summed E-state index contributed by atoms with van der Waals surface area (Å²) in [6, 6.07) is 13.5. The molecule has 0 saturated carbocycles. The normalized spacial score (nSPS) is 12.0. The van der Waals surface area contributed by atoms with Crippen molar-refractivity contribution in [3.05, 3.63) is 64.1 Å². The van der Waals surface area contributed by atoms with Gasteiger partial charge in [0.05, 0.1) is 13.3 Å². The van der Waals surface area contributed by atoms with E-state index in [2.05, 4.69) is 31.8 Å². The highest BCUT2D eigenvalue weighted by molar-refractivity contribution is 9.10. The summed E-state index contributed by atoms with van der Waals surface area (Å²) in [6.45, 7) is 3.72. The van der Waals surface area contributed by atoms with Crippen LogP contribution in [0.5, 0.6) is 5.75 Å². The number of ether oxygens (including phenoxy) is 1. The number of methoxy groups -OCH3 is 1. The first-order valence-electron chi connectivity index (χ1n) is 8.44. The minimum Gasteiger partial charge on any atom is -0.497 e. The van der Waals surface area contributed by atoms with Gasteiger partial charge in [0.2, 0.25) is 0 Å². The molecule has 2 N–H and O–H groups in total. The number of halogens is 1. The van der Waals surface area contributed by atoms with Crippen molar-refractivity contribution < 1.29 is 14.3 Å². The van der Waals surface area contributed by atoms with Gasteiger partial charge in [0.15, 0.2) is 0 Å². The lowest BCUT2D eigenvalue weighted by molar-refractivity contribution is -0.123. The van der Waals surface area contributed by atoms with Crippen LogP contribution >= 0.6 is 15.9 Å². The second-order valence-electron chi connectivity index (χ2n) is 6.21. The maximum Gasteiger partial charge on any atom is 0.262 e. The van der Waals surface area contributed by atoms with Gasteiger partial charge in [-0.15, -0.1) is 0 Å². The van der Waals surface area contributed by atoms with E-state index in [4.69, 9.17) is 4.74 Å². The fourth-order valence-electron chi connectivity index (χ4n) is 2.29. The Bertz CT molecular complexity index is 802. The smallest absolute Gasteiger partial charge is 0.262 e. The maximum atomic E-state index is 12.4. The highest BCUT2D eigenvalue weighted by atomic mass is 79.9. The molecule has 7 heteroatoms. The molecule has 2 aromatic carbocycles. The molecule has 2 aromatic rings. The van der Waals surface area contributed by atoms with Gasteiger partial charge < -0.3 is 10.1 Å². The monoisotopic (exact) mass is 431 g/mol. The lowest BCUT2D eigenvalue weighted by Gasteiger charge is -2.20. The summed E-state index contributed by atoms with van der Waals surface area (Å²) < 4.78 is 6.04. The summed E-state index contributed by atoms with van der Waals surface area (Å²) in [5, 5.41) is 6.72. The molecule has 2 amide bonds. The zero-order chi connectivity index (χ0) is 19.8. The number of hydrazone groups is 1. The highest BCUT2D eigenvalue weighted by Gasteiger charge is 2.24. The Morgan fingerprint density at radius 3 is 2.26 bits per heavy atom. The molecule has 6 nitrogen and oxygen atoms in total. The van der Waals surface area contributed by atoms with Crippen LogP contribution in [-0.4, -0.2) is 31.2 Å². The molecule has 142 valence electrons. The van der Waals surface area contributed by atoms with E-state index in [1.54, 1.807) is 37.6 Å². The number of hydrogen-bond acceptors (Lipinski definition) is 4. The SMILES string of the molecule is COc1ccc(C(=O)NC(C(=O)NN=Cc2ccc(Br)cc2)C(C)C)cc1. The van der Waals surface area contributed by atoms with Gasteiger partial charge in [-0.2, -0.15) is 5.10 Å². The van der Waals surface area contributed by atoms with Gasteiger partial charge in [0, 0.05) is 10.0 Å². The van der Waals surface area contributed by atoms with E-state index in [1.165, 1.54) is 0 Å². The zero-order valence-electron chi connectivity index (χ0n) is 15.4. The number of hydrogen-bond donors (Lipinski definition) is 2. The van der Waals surface area contributed by atoms with Crippen LogP contribution in [0.4, 0.5) is 0 Å². The van der Waals surface area contributed by atoms with E-state index in [0.29, 0.717) is 11.3 Å². The van der Waals surface area contributed by atoms with E-state index in [-0.39, 0.29) is 17.7 Å². The number of carbonyl (C=O) groups excluding carboxylic acids is 2. The second kappa shape index (κ2) is 9.87. The third-order valence-electron chi connectivity index (χ3n) is 3.85. The molecule has 1 atom stereocenters. The summed E-state index contributed by atoms with van der Waals surface area (Å²) in [5.41, 5.74) is 3.79. The largest absolute Gasteiger partial charge is 0.497 e. The van der Waals surface area contributed by atoms with Gasteiger partial charge in [-0.1, -0.05) is 41.9 Å². The van der Waals surface area contributed by atoms with Crippen LogP contribution in [0.2, 0.25) is 0 Å². The van der Waals surface area contributed by atoms with Gasteiger partial charge in [-0.05, 0) is 47.9 Å². The zero-order valence-corrected chi connectivity index (χ0v) is 17.0. The molecule has 0 aliphatic carbocycles. The average Bonchev–Trinajstić information content (AvgIpc) is 2.67. The van der Waals surface area contributed by atoms with Gasteiger partial charge in [-0.3, -0.25) is 9.59 Å².